The van der Waals surface area contributed by atoms with Crippen LogP contribution in [0.15, 0.2) is 0 Å². The Morgan fingerprint density at radius 2 is 2.12 bits per heavy atom. The van der Waals surface area contributed by atoms with Crippen molar-refractivity contribution in [1.29, 1.82) is 0 Å². The van der Waals surface area contributed by atoms with Crippen molar-refractivity contribution in [3.8, 4) is 0 Å². The van der Waals surface area contributed by atoms with Gasteiger partial charge in [-0.05, 0) is 0 Å². The molecule has 2 fully saturated rings. The monoisotopic (exact) mass is 248 g/mol. The standard InChI is InChI=1S/C9H16O6Si/c1-5(2)16-13-4-7(14-16)6(9(11)12)3-8(10)15-16/h5-8,10H,3-4H2,1-2H3,(H,11,12). The summed E-state index contributed by atoms with van der Waals surface area (Å²) in [5, 5.41) is 18.7. The van der Waals surface area contributed by atoms with Crippen LogP contribution in [0.1, 0.15) is 20.3 Å². The van der Waals surface area contributed by atoms with Gasteiger partial charge in [0, 0.05) is 12.0 Å². The first kappa shape index (κ1) is 12.0. The van der Waals surface area contributed by atoms with Crippen molar-refractivity contribution < 1.29 is 28.3 Å². The predicted octanol–water partition coefficient (Wildman–Crippen LogP) is 0.190. The third-order valence-corrected chi connectivity index (χ3v) is 6.21. The molecule has 2 heterocycles. The van der Waals surface area contributed by atoms with Crippen LogP contribution < -0.4 is 0 Å². The molecule has 4 unspecified atom stereocenters. The van der Waals surface area contributed by atoms with Gasteiger partial charge in [0.2, 0.25) is 0 Å². The second-order valence-corrected chi connectivity index (χ2v) is 7.60. The van der Waals surface area contributed by atoms with Crippen LogP contribution in [0.5, 0.6) is 0 Å². The first-order valence-corrected chi connectivity index (χ1v) is 7.15. The lowest BCUT2D eigenvalue weighted by Gasteiger charge is -2.27. The third kappa shape index (κ3) is 1.89. The van der Waals surface area contributed by atoms with Gasteiger partial charge in [-0.3, -0.25) is 4.79 Å². The summed E-state index contributed by atoms with van der Waals surface area (Å²) in [5.74, 6) is -1.74. The van der Waals surface area contributed by atoms with Crippen LogP contribution in [0.4, 0.5) is 0 Å². The Hall–Kier alpha value is -0.473. The molecule has 2 N–H and O–H groups in total. The van der Waals surface area contributed by atoms with Gasteiger partial charge in [0.05, 0.1) is 18.6 Å². The molecule has 2 aliphatic rings. The molecule has 0 radical (unpaired) electrons. The smallest absolute Gasteiger partial charge is 0.481 e. The summed E-state index contributed by atoms with van der Waals surface area (Å²) in [7, 11) is -2.87. The van der Waals surface area contributed by atoms with Crippen LogP contribution in [0.2, 0.25) is 5.54 Å². The minimum Gasteiger partial charge on any atom is -0.481 e. The summed E-state index contributed by atoms with van der Waals surface area (Å²) < 4.78 is 16.6. The number of aliphatic hydroxyl groups excluding tert-OH is 1. The van der Waals surface area contributed by atoms with Gasteiger partial charge >= 0.3 is 14.8 Å². The fourth-order valence-corrected chi connectivity index (χ4v) is 4.64. The van der Waals surface area contributed by atoms with Crippen molar-refractivity contribution in [3.05, 3.63) is 0 Å². The first-order valence-electron chi connectivity index (χ1n) is 5.35. The topological polar surface area (TPSA) is 85.2 Å². The lowest BCUT2D eigenvalue weighted by atomic mass is 9.99. The van der Waals surface area contributed by atoms with E-state index in [0.717, 1.165) is 0 Å². The van der Waals surface area contributed by atoms with Crippen LogP contribution in [0, 0.1) is 5.92 Å². The van der Waals surface area contributed by atoms with Gasteiger partial charge in [-0.25, -0.2) is 0 Å². The van der Waals surface area contributed by atoms with Crippen molar-refractivity contribution in [3.63, 3.8) is 0 Å². The van der Waals surface area contributed by atoms with Crippen LogP contribution in [0.3, 0.4) is 0 Å². The number of carboxylic acids is 1. The molecule has 92 valence electrons. The molecule has 0 aliphatic carbocycles. The number of aliphatic hydroxyl groups is 1. The molecule has 0 amide bonds. The second-order valence-electron chi connectivity index (χ2n) is 4.48. The lowest BCUT2D eigenvalue weighted by Crippen LogP contribution is -2.46. The molecular formula is C9H16O6Si. The Morgan fingerprint density at radius 3 is 2.69 bits per heavy atom. The number of aliphatic carboxylic acids is 1. The van der Waals surface area contributed by atoms with Gasteiger partial charge in [0.25, 0.3) is 0 Å². The van der Waals surface area contributed by atoms with E-state index in [1.54, 1.807) is 0 Å². The molecule has 0 aromatic carbocycles. The van der Waals surface area contributed by atoms with E-state index in [0.29, 0.717) is 0 Å². The third-order valence-electron chi connectivity index (χ3n) is 2.99. The molecule has 0 spiro atoms. The minimum atomic E-state index is -2.87. The molecule has 6 nitrogen and oxygen atoms in total. The maximum atomic E-state index is 11.0. The van der Waals surface area contributed by atoms with Gasteiger partial charge in [-0.1, -0.05) is 13.8 Å². The fraction of sp³-hybridized carbons (Fsp3) is 0.889. The van der Waals surface area contributed by atoms with E-state index in [-0.39, 0.29) is 18.6 Å². The van der Waals surface area contributed by atoms with Gasteiger partial charge in [-0.15, -0.1) is 0 Å². The van der Waals surface area contributed by atoms with Crippen LogP contribution in [-0.2, 0) is 18.1 Å². The fourth-order valence-electron chi connectivity index (χ4n) is 2.04. The highest BCUT2D eigenvalue weighted by atomic mass is 28.4. The molecule has 16 heavy (non-hydrogen) atoms. The zero-order chi connectivity index (χ0) is 11.9. The second kappa shape index (κ2) is 4.08. The van der Waals surface area contributed by atoms with E-state index in [2.05, 4.69) is 0 Å². The van der Waals surface area contributed by atoms with Crippen LogP contribution in [0.25, 0.3) is 0 Å². The SMILES string of the molecule is CC(C)[Si]12OCC(O1)C(C(=O)O)CC(O)O2. The Morgan fingerprint density at radius 1 is 1.44 bits per heavy atom. The molecule has 0 saturated carbocycles. The van der Waals surface area contributed by atoms with Crippen molar-refractivity contribution in [2.75, 3.05) is 6.61 Å². The summed E-state index contributed by atoms with van der Waals surface area (Å²) in [6.07, 6.45) is -1.55. The number of carboxylic acid groups (broad SMARTS) is 1. The largest absolute Gasteiger partial charge is 0.506 e. The average molecular weight is 248 g/mol. The number of fused-ring (bicyclic) bond motifs is 2. The molecule has 2 aliphatic heterocycles. The maximum absolute atomic E-state index is 11.0. The van der Waals surface area contributed by atoms with E-state index in [4.69, 9.17) is 18.4 Å². The highest BCUT2D eigenvalue weighted by Gasteiger charge is 2.58. The van der Waals surface area contributed by atoms with Crippen LogP contribution >= 0.6 is 0 Å². The Kier molecular flexibility index (Phi) is 3.06. The van der Waals surface area contributed by atoms with Crippen LogP contribution in [-0.4, -0.2) is 44.0 Å². The van der Waals surface area contributed by atoms with E-state index in [1.807, 2.05) is 13.8 Å². The zero-order valence-electron chi connectivity index (χ0n) is 9.25. The van der Waals surface area contributed by atoms with E-state index in [1.165, 1.54) is 0 Å². The quantitative estimate of drug-likeness (QED) is 0.679. The molecule has 2 bridgehead atoms. The molecule has 2 rings (SSSR count). The molecule has 0 aromatic heterocycles. The van der Waals surface area contributed by atoms with Crippen molar-refractivity contribution in [2.24, 2.45) is 5.92 Å². The Labute approximate surface area is 94.5 Å². The summed E-state index contributed by atoms with van der Waals surface area (Å²) in [4.78, 5) is 11.0. The number of carbonyl (C=O) groups is 1. The summed E-state index contributed by atoms with van der Waals surface area (Å²) >= 11 is 0. The molecular weight excluding hydrogens is 232 g/mol. The normalized spacial score (nSPS) is 43.4. The highest BCUT2D eigenvalue weighted by Crippen LogP contribution is 2.39. The number of hydrogen-bond acceptors (Lipinski definition) is 5. The Bertz CT molecular complexity index is 296. The van der Waals surface area contributed by atoms with Gasteiger partial charge in [-0.2, -0.15) is 0 Å². The number of hydrogen-bond donors (Lipinski definition) is 2. The maximum Gasteiger partial charge on any atom is 0.506 e. The summed E-state index contributed by atoms with van der Waals surface area (Å²) in [5.41, 5.74) is 0.0136. The predicted molar refractivity (Wildman–Crippen MR) is 54.5 cm³/mol. The molecule has 4 atom stereocenters. The Balaban J connectivity index is 2.23. The van der Waals surface area contributed by atoms with Gasteiger partial charge in [0.1, 0.15) is 6.29 Å². The van der Waals surface area contributed by atoms with Gasteiger partial charge in [0.15, 0.2) is 0 Å². The summed E-state index contributed by atoms with van der Waals surface area (Å²) in [6, 6.07) is 0. The average Bonchev–Trinajstić information content (AvgIpc) is 2.51. The first-order chi connectivity index (χ1) is 7.44. The minimum absolute atomic E-state index is 0.0136. The number of rotatable bonds is 2. The van der Waals surface area contributed by atoms with E-state index >= 15 is 0 Å². The highest BCUT2D eigenvalue weighted by molar-refractivity contribution is 6.62. The van der Waals surface area contributed by atoms with Crippen molar-refractivity contribution in [1.82, 2.24) is 0 Å². The van der Waals surface area contributed by atoms with E-state index in [9.17, 15) is 9.90 Å². The zero-order valence-corrected chi connectivity index (χ0v) is 10.3. The molecule has 0 aromatic rings. The molecule has 7 heteroatoms. The summed E-state index contributed by atoms with van der Waals surface area (Å²) in [6.45, 7) is 4.03. The molecule has 2 saturated heterocycles. The lowest BCUT2D eigenvalue weighted by molar-refractivity contribution is -0.148. The van der Waals surface area contributed by atoms with Crippen molar-refractivity contribution in [2.45, 2.75) is 38.2 Å². The van der Waals surface area contributed by atoms with Crippen molar-refractivity contribution >= 4 is 14.8 Å². The van der Waals surface area contributed by atoms with E-state index < -0.39 is 33.1 Å². The van der Waals surface area contributed by atoms with Gasteiger partial charge < -0.3 is 23.5 Å².